The van der Waals surface area contributed by atoms with E-state index in [0.717, 1.165) is 0 Å². The van der Waals surface area contributed by atoms with E-state index in [1.807, 2.05) is 0 Å². The molecule has 4 heteroatoms. The first-order valence-electron chi connectivity index (χ1n) is 6.03. The highest BCUT2D eigenvalue weighted by atomic mass is 16.4. The third-order valence-corrected chi connectivity index (χ3v) is 3.05. The van der Waals surface area contributed by atoms with Crippen LogP contribution in [0.5, 0.6) is 5.75 Å². The van der Waals surface area contributed by atoms with Gasteiger partial charge in [-0.05, 0) is 12.1 Å². The van der Waals surface area contributed by atoms with Crippen LogP contribution in [0.4, 0.5) is 0 Å². The van der Waals surface area contributed by atoms with E-state index >= 15 is 0 Å². The van der Waals surface area contributed by atoms with Gasteiger partial charge in [0, 0.05) is 5.56 Å². The van der Waals surface area contributed by atoms with Crippen LogP contribution in [0, 0.1) is 0 Å². The molecule has 0 aliphatic heterocycles. The summed E-state index contributed by atoms with van der Waals surface area (Å²) in [5.74, 6) is -0.895. The number of para-hydroxylation sites is 1. The standard InChI is InChI=1S/C16H10O4/c17-14(10-6-2-1-3-7-10)13-15(18)11-8-4-5-9-12(11)20-16(13)19/h1-9,18H. The van der Waals surface area contributed by atoms with Crippen molar-refractivity contribution in [2.75, 3.05) is 0 Å². The smallest absolute Gasteiger partial charge is 0.351 e. The first-order valence-corrected chi connectivity index (χ1v) is 6.03. The van der Waals surface area contributed by atoms with Gasteiger partial charge < -0.3 is 9.52 Å². The Labute approximate surface area is 113 Å². The molecule has 0 bridgehead atoms. The van der Waals surface area contributed by atoms with Gasteiger partial charge in [-0.25, -0.2) is 4.79 Å². The van der Waals surface area contributed by atoms with Crippen molar-refractivity contribution in [1.82, 2.24) is 0 Å². The number of carbonyl (C=O) groups is 1. The molecule has 3 rings (SSSR count). The van der Waals surface area contributed by atoms with Crippen LogP contribution in [0.2, 0.25) is 0 Å². The number of hydrogen-bond acceptors (Lipinski definition) is 4. The fourth-order valence-corrected chi connectivity index (χ4v) is 2.07. The molecule has 3 aromatic rings. The third-order valence-electron chi connectivity index (χ3n) is 3.05. The lowest BCUT2D eigenvalue weighted by Crippen LogP contribution is -2.15. The zero-order valence-corrected chi connectivity index (χ0v) is 10.4. The zero-order chi connectivity index (χ0) is 14.1. The fraction of sp³-hybridized carbons (Fsp3) is 0. The van der Waals surface area contributed by atoms with E-state index in [2.05, 4.69) is 0 Å². The van der Waals surface area contributed by atoms with Crippen LogP contribution in [0.3, 0.4) is 0 Å². The van der Waals surface area contributed by atoms with Gasteiger partial charge in [-0.15, -0.1) is 0 Å². The van der Waals surface area contributed by atoms with Crippen LogP contribution < -0.4 is 5.63 Å². The lowest BCUT2D eigenvalue weighted by Gasteiger charge is -2.05. The molecular weight excluding hydrogens is 256 g/mol. The maximum atomic E-state index is 12.3. The molecule has 0 saturated heterocycles. The predicted molar refractivity (Wildman–Crippen MR) is 74.0 cm³/mol. The second-order valence-corrected chi connectivity index (χ2v) is 4.30. The van der Waals surface area contributed by atoms with E-state index in [-0.39, 0.29) is 16.9 Å². The molecule has 4 nitrogen and oxygen atoms in total. The largest absolute Gasteiger partial charge is 0.506 e. The second-order valence-electron chi connectivity index (χ2n) is 4.30. The maximum absolute atomic E-state index is 12.3. The number of hydrogen-bond donors (Lipinski definition) is 1. The number of aromatic hydroxyl groups is 1. The molecule has 1 aromatic heterocycles. The fourth-order valence-electron chi connectivity index (χ4n) is 2.07. The van der Waals surface area contributed by atoms with E-state index in [1.54, 1.807) is 54.6 Å². The van der Waals surface area contributed by atoms with Gasteiger partial charge in [-0.3, -0.25) is 4.79 Å². The average Bonchev–Trinajstić information content (AvgIpc) is 2.48. The molecule has 0 fully saturated rings. The molecule has 0 unspecified atom stereocenters. The third kappa shape index (κ3) is 1.87. The number of fused-ring (bicyclic) bond motifs is 1. The molecule has 0 amide bonds. The molecule has 0 saturated carbocycles. The first kappa shape index (κ1) is 12.2. The highest BCUT2D eigenvalue weighted by molar-refractivity contribution is 6.12. The molecule has 0 atom stereocenters. The van der Waals surface area contributed by atoms with Crippen molar-refractivity contribution in [3.05, 3.63) is 76.1 Å². The van der Waals surface area contributed by atoms with Gasteiger partial charge in [0.1, 0.15) is 11.3 Å². The summed E-state index contributed by atoms with van der Waals surface area (Å²) in [6, 6.07) is 14.8. The van der Waals surface area contributed by atoms with Crippen LogP contribution in [-0.4, -0.2) is 10.9 Å². The van der Waals surface area contributed by atoms with Crippen LogP contribution >= 0.6 is 0 Å². The van der Waals surface area contributed by atoms with Gasteiger partial charge in [0.15, 0.2) is 5.56 Å². The minimum atomic E-state index is -0.838. The number of benzene rings is 2. The molecule has 20 heavy (non-hydrogen) atoms. The van der Waals surface area contributed by atoms with E-state index in [4.69, 9.17) is 4.42 Å². The summed E-state index contributed by atoms with van der Waals surface area (Å²) in [6.45, 7) is 0. The minimum Gasteiger partial charge on any atom is -0.506 e. The van der Waals surface area contributed by atoms with Gasteiger partial charge in [0.2, 0.25) is 5.78 Å². The van der Waals surface area contributed by atoms with Crippen molar-refractivity contribution in [1.29, 1.82) is 0 Å². The summed E-state index contributed by atoms with van der Waals surface area (Å²) in [7, 11) is 0. The van der Waals surface area contributed by atoms with Crippen molar-refractivity contribution in [3.63, 3.8) is 0 Å². The molecule has 0 radical (unpaired) electrons. The van der Waals surface area contributed by atoms with Gasteiger partial charge in [-0.1, -0.05) is 42.5 Å². The lowest BCUT2D eigenvalue weighted by atomic mass is 10.0. The maximum Gasteiger partial charge on any atom is 0.351 e. The number of ketones is 1. The van der Waals surface area contributed by atoms with Crippen molar-refractivity contribution >= 4 is 16.8 Å². The minimum absolute atomic E-state index is 0.250. The summed E-state index contributed by atoms with van der Waals surface area (Å²) in [5.41, 5.74) is -0.602. The Bertz CT molecular complexity index is 847. The van der Waals surface area contributed by atoms with Crippen molar-refractivity contribution in [2.24, 2.45) is 0 Å². The van der Waals surface area contributed by atoms with Crippen molar-refractivity contribution in [2.45, 2.75) is 0 Å². The molecule has 0 spiro atoms. The van der Waals surface area contributed by atoms with Crippen molar-refractivity contribution < 1.29 is 14.3 Å². The van der Waals surface area contributed by atoms with E-state index < -0.39 is 11.4 Å². The highest BCUT2D eigenvalue weighted by Crippen LogP contribution is 2.27. The summed E-state index contributed by atoms with van der Waals surface area (Å²) < 4.78 is 5.08. The normalized spacial score (nSPS) is 10.6. The summed E-state index contributed by atoms with van der Waals surface area (Å²) in [5, 5.41) is 10.5. The SMILES string of the molecule is O=C(c1ccccc1)c1c(O)c2ccccc2oc1=O. The Morgan fingerprint density at radius 2 is 1.60 bits per heavy atom. The quantitative estimate of drug-likeness (QED) is 0.572. The van der Waals surface area contributed by atoms with Gasteiger partial charge in [-0.2, -0.15) is 0 Å². The Morgan fingerprint density at radius 1 is 0.950 bits per heavy atom. The summed E-state index contributed by atoms with van der Waals surface area (Å²) >= 11 is 0. The lowest BCUT2D eigenvalue weighted by molar-refractivity contribution is 0.103. The van der Waals surface area contributed by atoms with Crippen LogP contribution in [0.1, 0.15) is 15.9 Å². The predicted octanol–water partition coefficient (Wildman–Crippen LogP) is 2.73. The Kier molecular flexibility index (Phi) is 2.84. The monoisotopic (exact) mass is 266 g/mol. The zero-order valence-electron chi connectivity index (χ0n) is 10.4. The van der Waals surface area contributed by atoms with Gasteiger partial charge >= 0.3 is 5.63 Å². The number of carbonyl (C=O) groups excluding carboxylic acids is 1. The number of rotatable bonds is 2. The summed E-state index contributed by atoms with van der Waals surface area (Å²) in [4.78, 5) is 24.2. The molecule has 2 aromatic carbocycles. The van der Waals surface area contributed by atoms with E-state index in [0.29, 0.717) is 10.9 Å². The van der Waals surface area contributed by atoms with Crippen molar-refractivity contribution in [3.8, 4) is 5.75 Å². The topological polar surface area (TPSA) is 67.5 Å². The molecule has 1 heterocycles. The molecular formula is C16H10O4. The first-order chi connectivity index (χ1) is 9.68. The second kappa shape index (κ2) is 4.66. The molecule has 1 N–H and O–H groups in total. The Balaban J connectivity index is 2.27. The summed E-state index contributed by atoms with van der Waals surface area (Å²) in [6.07, 6.45) is 0. The molecule has 0 aliphatic carbocycles. The van der Waals surface area contributed by atoms with Crippen LogP contribution in [0.15, 0.2) is 63.8 Å². The Morgan fingerprint density at radius 3 is 2.35 bits per heavy atom. The molecule has 98 valence electrons. The van der Waals surface area contributed by atoms with E-state index in [9.17, 15) is 14.7 Å². The van der Waals surface area contributed by atoms with E-state index in [1.165, 1.54) is 0 Å². The van der Waals surface area contributed by atoms with Crippen LogP contribution in [-0.2, 0) is 0 Å². The van der Waals surface area contributed by atoms with Gasteiger partial charge in [0.05, 0.1) is 5.39 Å². The average molecular weight is 266 g/mol. The Hall–Kier alpha value is -2.88. The van der Waals surface area contributed by atoms with Crippen LogP contribution in [0.25, 0.3) is 11.0 Å². The van der Waals surface area contributed by atoms with Gasteiger partial charge in [0.25, 0.3) is 0 Å². The highest BCUT2D eigenvalue weighted by Gasteiger charge is 2.21. The molecule has 0 aliphatic rings.